The van der Waals surface area contributed by atoms with Crippen LogP contribution < -0.4 is 10.6 Å². The molecule has 2 fully saturated rings. The molecule has 27 heavy (non-hydrogen) atoms. The number of fused-ring (bicyclic) bond motifs is 1. The molecule has 7 heteroatoms. The predicted molar refractivity (Wildman–Crippen MR) is 100 cm³/mol. The van der Waals surface area contributed by atoms with Crippen LogP contribution in [-0.4, -0.2) is 65.9 Å². The molecule has 1 atom stereocenters. The minimum atomic E-state index is -0.582. The van der Waals surface area contributed by atoms with Gasteiger partial charge in [-0.05, 0) is 36.8 Å². The molecule has 4 rings (SSSR count). The van der Waals surface area contributed by atoms with Crippen LogP contribution in [0.1, 0.15) is 30.4 Å². The van der Waals surface area contributed by atoms with Crippen LogP contribution >= 0.6 is 0 Å². The molecule has 1 aromatic carbocycles. The predicted octanol–water partition coefficient (Wildman–Crippen LogP) is 0.676. The van der Waals surface area contributed by atoms with E-state index in [1.807, 2.05) is 4.90 Å². The molecule has 0 spiro atoms. The third-order valence-electron chi connectivity index (χ3n) is 5.93. The first-order valence-electron chi connectivity index (χ1n) is 9.80. The summed E-state index contributed by atoms with van der Waals surface area (Å²) in [4.78, 5) is 39.7. The summed E-state index contributed by atoms with van der Waals surface area (Å²) >= 11 is 0. The van der Waals surface area contributed by atoms with Gasteiger partial charge >= 0.3 is 6.03 Å². The van der Waals surface area contributed by atoms with E-state index >= 15 is 0 Å². The van der Waals surface area contributed by atoms with Crippen LogP contribution in [0, 0.1) is 0 Å². The lowest BCUT2D eigenvalue weighted by Crippen LogP contribution is -2.40. The van der Waals surface area contributed by atoms with Gasteiger partial charge in [-0.25, -0.2) is 4.79 Å². The standard InChI is InChI=1S/C20H26N4O3/c25-18(7-6-17-19(26)22-20(27)21-17)24-9-3-8-23(10-11-24)16-12-14-4-1-2-5-15(14)13-16/h1-2,4-5,16-17H,3,6-13H2,(H2,21,22,26,27)/t17-/m1/s1. The van der Waals surface area contributed by atoms with Gasteiger partial charge < -0.3 is 10.2 Å². The van der Waals surface area contributed by atoms with Crippen LogP contribution in [-0.2, 0) is 22.4 Å². The van der Waals surface area contributed by atoms with Gasteiger partial charge in [0.25, 0.3) is 5.91 Å². The van der Waals surface area contributed by atoms with Crippen molar-refractivity contribution < 1.29 is 14.4 Å². The van der Waals surface area contributed by atoms with E-state index in [1.54, 1.807) is 0 Å². The van der Waals surface area contributed by atoms with Gasteiger partial charge in [0.1, 0.15) is 6.04 Å². The summed E-state index contributed by atoms with van der Waals surface area (Å²) in [7, 11) is 0. The second-order valence-electron chi connectivity index (χ2n) is 7.66. The molecule has 3 aliphatic rings. The Bertz CT molecular complexity index is 725. The molecule has 0 saturated carbocycles. The molecule has 144 valence electrons. The monoisotopic (exact) mass is 370 g/mol. The first-order chi connectivity index (χ1) is 13.1. The van der Waals surface area contributed by atoms with E-state index < -0.39 is 12.1 Å². The van der Waals surface area contributed by atoms with Crippen molar-refractivity contribution in [3.8, 4) is 0 Å². The Morgan fingerprint density at radius 3 is 2.44 bits per heavy atom. The van der Waals surface area contributed by atoms with Crippen molar-refractivity contribution >= 4 is 17.8 Å². The maximum absolute atomic E-state index is 12.6. The molecule has 1 aliphatic carbocycles. The van der Waals surface area contributed by atoms with Crippen LogP contribution in [0.2, 0.25) is 0 Å². The highest BCUT2D eigenvalue weighted by Crippen LogP contribution is 2.26. The van der Waals surface area contributed by atoms with Gasteiger partial charge in [0, 0.05) is 38.6 Å². The highest BCUT2D eigenvalue weighted by Gasteiger charge is 2.31. The molecule has 4 amide bonds. The number of hydrogen-bond donors (Lipinski definition) is 2. The first kappa shape index (κ1) is 18.0. The Morgan fingerprint density at radius 2 is 1.78 bits per heavy atom. The summed E-state index contributed by atoms with van der Waals surface area (Å²) in [6, 6.07) is 8.15. The first-order valence-corrected chi connectivity index (χ1v) is 9.80. The Kier molecular flexibility index (Phi) is 5.11. The van der Waals surface area contributed by atoms with Crippen molar-refractivity contribution in [2.24, 2.45) is 0 Å². The number of imide groups is 1. The molecule has 0 aromatic heterocycles. The number of amides is 4. The number of urea groups is 1. The maximum atomic E-state index is 12.6. The fourth-order valence-electron chi connectivity index (χ4n) is 4.43. The minimum absolute atomic E-state index is 0.0699. The summed E-state index contributed by atoms with van der Waals surface area (Å²) in [6.07, 6.45) is 3.81. The molecule has 0 unspecified atom stereocenters. The van der Waals surface area contributed by atoms with E-state index in [2.05, 4.69) is 39.8 Å². The summed E-state index contributed by atoms with van der Waals surface area (Å²) in [5.74, 6) is -0.267. The van der Waals surface area contributed by atoms with Crippen LogP contribution in [0.3, 0.4) is 0 Å². The van der Waals surface area contributed by atoms with E-state index in [1.165, 1.54) is 11.1 Å². The van der Waals surface area contributed by atoms with Crippen molar-refractivity contribution in [2.75, 3.05) is 26.2 Å². The van der Waals surface area contributed by atoms with Crippen LogP contribution in [0.5, 0.6) is 0 Å². The van der Waals surface area contributed by atoms with Crippen molar-refractivity contribution in [2.45, 2.75) is 44.2 Å². The van der Waals surface area contributed by atoms with Crippen LogP contribution in [0.15, 0.2) is 24.3 Å². The molecule has 2 saturated heterocycles. The third-order valence-corrected chi connectivity index (χ3v) is 5.93. The normalized spacial score (nSPS) is 23.7. The van der Waals surface area contributed by atoms with E-state index in [0.29, 0.717) is 12.5 Å². The highest BCUT2D eigenvalue weighted by atomic mass is 16.2. The lowest BCUT2D eigenvalue weighted by atomic mass is 10.1. The molecule has 1 aromatic rings. The minimum Gasteiger partial charge on any atom is -0.341 e. The van der Waals surface area contributed by atoms with Gasteiger partial charge in [0.15, 0.2) is 0 Å². The fourth-order valence-corrected chi connectivity index (χ4v) is 4.43. The third kappa shape index (κ3) is 3.98. The number of carbonyl (C=O) groups excluding carboxylic acids is 3. The van der Waals surface area contributed by atoms with Gasteiger partial charge in [-0.2, -0.15) is 0 Å². The number of rotatable bonds is 4. The molecule has 7 nitrogen and oxygen atoms in total. The second-order valence-corrected chi connectivity index (χ2v) is 7.66. The highest BCUT2D eigenvalue weighted by molar-refractivity contribution is 6.04. The van der Waals surface area contributed by atoms with Crippen molar-refractivity contribution in [1.29, 1.82) is 0 Å². The molecular formula is C20H26N4O3. The molecular weight excluding hydrogens is 344 g/mol. The van der Waals surface area contributed by atoms with Gasteiger partial charge in [-0.1, -0.05) is 24.3 Å². The average Bonchev–Trinajstić information content (AvgIpc) is 3.12. The smallest absolute Gasteiger partial charge is 0.322 e. The molecule has 2 heterocycles. The maximum Gasteiger partial charge on any atom is 0.322 e. The van der Waals surface area contributed by atoms with Crippen molar-refractivity contribution in [1.82, 2.24) is 20.4 Å². The van der Waals surface area contributed by atoms with Crippen LogP contribution in [0.25, 0.3) is 0 Å². The van der Waals surface area contributed by atoms with Crippen molar-refractivity contribution in [3.63, 3.8) is 0 Å². The van der Waals surface area contributed by atoms with Gasteiger partial charge in [0.2, 0.25) is 5.91 Å². The second kappa shape index (κ2) is 7.68. The molecule has 0 bridgehead atoms. The zero-order valence-electron chi connectivity index (χ0n) is 15.4. The summed E-state index contributed by atoms with van der Waals surface area (Å²) < 4.78 is 0. The lowest BCUT2D eigenvalue weighted by Gasteiger charge is -2.27. The van der Waals surface area contributed by atoms with E-state index in [0.717, 1.165) is 45.4 Å². The Labute approximate surface area is 159 Å². The average molecular weight is 370 g/mol. The van der Waals surface area contributed by atoms with Gasteiger partial charge in [0.05, 0.1) is 0 Å². The van der Waals surface area contributed by atoms with Gasteiger partial charge in [-0.3, -0.25) is 19.8 Å². The number of carbonyl (C=O) groups is 3. The summed E-state index contributed by atoms with van der Waals surface area (Å²) in [5, 5.41) is 4.75. The Morgan fingerprint density at radius 1 is 1.04 bits per heavy atom. The molecule has 0 radical (unpaired) electrons. The number of benzene rings is 1. The lowest BCUT2D eigenvalue weighted by molar-refractivity contribution is -0.131. The fraction of sp³-hybridized carbons (Fsp3) is 0.550. The molecule has 2 aliphatic heterocycles. The zero-order valence-corrected chi connectivity index (χ0v) is 15.4. The molecule has 2 N–H and O–H groups in total. The SMILES string of the molecule is O=C1NC(=O)[C@@H](CCC(=O)N2CCCN(C3Cc4ccccc4C3)CC2)N1. The number of nitrogens with zero attached hydrogens (tertiary/aromatic N) is 2. The number of hydrogen-bond acceptors (Lipinski definition) is 4. The van der Waals surface area contributed by atoms with Crippen molar-refractivity contribution in [3.05, 3.63) is 35.4 Å². The van der Waals surface area contributed by atoms with Crippen LogP contribution in [0.4, 0.5) is 4.79 Å². The van der Waals surface area contributed by atoms with Gasteiger partial charge in [-0.15, -0.1) is 0 Å². The van der Waals surface area contributed by atoms with E-state index in [9.17, 15) is 14.4 Å². The summed E-state index contributed by atoms with van der Waals surface area (Å²) in [5.41, 5.74) is 2.91. The zero-order chi connectivity index (χ0) is 18.8. The summed E-state index contributed by atoms with van der Waals surface area (Å²) in [6.45, 7) is 3.40. The largest absolute Gasteiger partial charge is 0.341 e. The quantitative estimate of drug-likeness (QED) is 0.764. The van der Waals surface area contributed by atoms with E-state index in [4.69, 9.17) is 0 Å². The van der Waals surface area contributed by atoms with E-state index in [-0.39, 0.29) is 18.2 Å². The topological polar surface area (TPSA) is 81.8 Å². The Hall–Kier alpha value is -2.41. The Balaban J connectivity index is 1.27. The number of nitrogens with one attached hydrogen (secondary N) is 2.